The molecule has 0 aliphatic carbocycles. The van der Waals surface area contributed by atoms with Crippen molar-refractivity contribution in [2.75, 3.05) is 19.8 Å². The highest BCUT2D eigenvalue weighted by Crippen LogP contribution is 2.42. The molecule has 100 valence electrons. The zero-order valence-electron chi connectivity index (χ0n) is 10.4. The fourth-order valence-corrected chi connectivity index (χ4v) is 2.52. The first-order chi connectivity index (χ1) is 8.69. The molecular formula is C13H18ClNO3. The highest BCUT2D eigenvalue weighted by molar-refractivity contribution is 6.31. The Bertz CT molecular complexity index is 437. The lowest BCUT2D eigenvalue weighted by Crippen LogP contribution is -2.15. The average Bonchev–Trinajstić information content (AvgIpc) is 2.61. The fourth-order valence-electron chi connectivity index (χ4n) is 2.18. The van der Waals surface area contributed by atoms with E-state index in [-0.39, 0.29) is 6.54 Å². The largest absolute Gasteiger partial charge is 0.489 e. The maximum Gasteiger partial charge on any atom is 0.164 e. The van der Waals surface area contributed by atoms with Crippen LogP contribution in [0.4, 0.5) is 0 Å². The minimum atomic E-state index is -0.774. The molecule has 0 saturated heterocycles. The van der Waals surface area contributed by atoms with Crippen molar-refractivity contribution in [2.24, 2.45) is 5.73 Å². The summed E-state index contributed by atoms with van der Waals surface area (Å²) in [6.07, 6.45) is 0.771. The Morgan fingerprint density at radius 2 is 2.17 bits per heavy atom. The van der Waals surface area contributed by atoms with Gasteiger partial charge in [0.2, 0.25) is 0 Å². The first kappa shape index (κ1) is 13.5. The molecule has 1 atom stereocenters. The van der Waals surface area contributed by atoms with E-state index in [1.54, 1.807) is 6.07 Å². The molecule has 1 unspecified atom stereocenters. The number of rotatable bonds is 3. The molecule has 0 fully saturated rings. The van der Waals surface area contributed by atoms with Crippen LogP contribution < -0.4 is 15.2 Å². The van der Waals surface area contributed by atoms with Crippen LogP contribution in [0.2, 0.25) is 5.02 Å². The van der Waals surface area contributed by atoms with Crippen LogP contribution >= 0.6 is 11.6 Å². The lowest BCUT2D eigenvalue weighted by Gasteiger charge is -2.20. The van der Waals surface area contributed by atoms with Crippen LogP contribution in [0.25, 0.3) is 0 Å². The Balaban J connectivity index is 2.57. The highest BCUT2D eigenvalue weighted by Gasteiger charge is 2.23. The van der Waals surface area contributed by atoms with Gasteiger partial charge in [0.15, 0.2) is 11.5 Å². The topological polar surface area (TPSA) is 64.7 Å². The highest BCUT2D eigenvalue weighted by atomic mass is 35.5. The molecule has 5 heteroatoms. The van der Waals surface area contributed by atoms with Gasteiger partial charge in [0.25, 0.3) is 0 Å². The second-order valence-corrected chi connectivity index (χ2v) is 4.64. The number of benzene rings is 1. The van der Waals surface area contributed by atoms with Gasteiger partial charge in [0.1, 0.15) is 0 Å². The van der Waals surface area contributed by atoms with Crippen LogP contribution in [0.3, 0.4) is 0 Å². The zero-order valence-corrected chi connectivity index (χ0v) is 11.2. The lowest BCUT2D eigenvalue weighted by atomic mass is 9.98. The number of hydrogen-bond donors (Lipinski definition) is 2. The van der Waals surface area contributed by atoms with E-state index < -0.39 is 6.10 Å². The van der Waals surface area contributed by atoms with E-state index in [4.69, 9.17) is 26.8 Å². The number of halogens is 1. The summed E-state index contributed by atoms with van der Waals surface area (Å²) in [6, 6.07) is 1.70. The number of ether oxygens (including phenoxy) is 2. The SMILES string of the molecule is CCc1c2c(cc(Cl)c1C(O)CN)OCCCO2. The summed E-state index contributed by atoms with van der Waals surface area (Å²) in [4.78, 5) is 0. The Morgan fingerprint density at radius 3 is 2.83 bits per heavy atom. The molecular weight excluding hydrogens is 254 g/mol. The Morgan fingerprint density at radius 1 is 1.44 bits per heavy atom. The molecule has 1 aliphatic heterocycles. The second kappa shape index (κ2) is 5.78. The van der Waals surface area contributed by atoms with Gasteiger partial charge in [-0.2, -0.15) is 0 Å². The summed E-state index contributed by atoms with van der Waals surface area (Å²) in [5.41, 5.74) is 7.07. The maximum absolute atomic E-state index is 9.99. The molecule has 1 aromatic carbocycles. The number of aliphatic hydroxyl groups excluding tert-OH is 1. The van der Waals surface area contributed by atoms with E-state index in [0.29, 0.717) is 41.7 Å². The average molecular weight is 272 g/mol. The summed E-state index contributed by atoms with van der Waals surface area (Å²) < 4.78 is 11.3. The van der Waals surface area contributed by atoms with Gasteiger partial charge in [-0.15, -0.1) is 0 Å². The van der Waals surface area contributed by atoms with E-state index in [0.717, 1.165) is 12.0 Å². The molecule has 1 heterocycles. The van der Waals surface area contributed by atoms with Gasteiger partial charge >= 0.3 is 0 Å². The summed E-state index contributed by atoms with van der Waals surface area (Å²) >= 11 is 6.22. The van der Waals surface area contributed by atoms with Gasteiger partial charge in [-0.3, -0.25) is 0 Å². The molecule has 0 aromatic heterocycles. The van der Waals surface area contributed by atoms with Gasteiger partial charge in [-0.25, -0.2) is 0 Å². The zero-order chi connectivity index (χ0) is 13.1. The van der Waals surface area contributed by atoms with Crippen molar-refractivity contribution < 1.29 is 14.6 Å². The summed E-state index contributed by atoms with van der Waals surface area (Å²) in [7, 11) is 0. The van der Waals surface area contributed by atoms with Gasteiger partial charge in [0.05, 0.1) is 24.3 Å². The van der Waals surface area contributed by atoms with Gasteiger partial charge in [-0.1, -0.05) is 18.5 Å². The third-order valence-electron chi connectivity index (χ3n) is 3.04. The smallest absolute Gasteiger partial charge is 0.164 e. The van der Waals surface area contributed by atoms with Crippen LogP contribution in [0.1, 0.15) is 30.6 Å². The molecule has 3 N–H and O–H groups in total. The predicted octanol–water partition coefficient (Wildman–Crippen LogP) is 2.06. The molecule has 0 bridgehead atoms. The first-order valence-electron chi connectivity index (χ1n) is 6.18. The van der Waals surface area contributed by atoms with Crippen LogP contribution in [0.15, 0.2) is 6.07 Å². The van der Waals surface area contributed by atoms with Crippen LogP contribution in [0, 0.1) is 0 Å². The minimum Gasteiger partial charge on any atom is -0.489 e. The summed E-state index contributed by atoms with van der Waals surface area (Å²) in [6.45, 7) is 3.35. The van der Waals surface area contributed by atoms with E-state index in [1.807, 2.05) is 6.92 Å². The molecule has 0 saturated carbocycles. The lowest BCUT2D eigenvalue weighted by molar-refractivity contribution is 0.185. The summed E-state index contributed by atoms with van der Waals surface area (Å²) in [5, 5.41) is 10.5. The Kier molecular flexibility index (Phi) is 4.32. The molecule has 1 aliphatic rings. The third-order valence-corrected chi connectivity index (χ3v) is 3.35. The molecule has 2 rings (SSSR count). The van der Waals surface area contributed by atoms with Crippen molar-refractivity contribution in [1.29, 1.82) is 0 Å². The molecule has 4 nitrogen and oxygen atoms in total. The Labute approximate surface area is 112 Å². The van der Waals surface area contributed by atoms with E-state index in [9.17, 15) is 5.11 Å². The first-order valence-corrected chi connectivity index (χ1v) is 6.55. The fraction of sp³-hybridized carbons (Fsp3) is 0.538. The quantitative estimate of drug-likeness (QED) is 0.883. The molecule has 1 aromatic rings. The number of aliphatic hydroxyl groups is 1. The monoisotopic (exact) mass is 271 g/mol. The van der Waals surface area contributed by atoms with Crippen molar-refractivity contribution in [3.63, 3.8) is 0 Å². The van der Waals surface area contributed by atoms with Crippen LogP contribution in [0.5, 0.6) is 11.5 Å². The van der Waals surface area contributed by atoms with Crippen molar-refractivity contribution in [3.05, 3.63) is 22.2 Å². The van der Waals surface area contributed by atoms with Crippen molar-refractivity contribution in [1.82, 2.24) is 0 Å². The third kappa shape index (κ3) is 2.41. The van der Waals surface area contributed by atoms with Crippen LogP contribution in [-0.2, 0) is 6.42 Å². The molecule has 0 spiro atoms. The molecule has 0 amide bonds. The van der Waals surface area contributed by atoms with Gasteiger partial charge in [-0.05, 0) is 6.42 Å². The summed E-state index contributed by atoms with van der Waals surface area (Å²) in [5.74, 6) is 1.35. The van der Waals surface area contributed by atoms with Crippen molar-refractivity contribution >= 4 is 11.6 Å². The Hall–Kier alpha value is -0.970. The van der Waals surface area contributed by atoms with E-state index >= 15 is 0 Å². The normalized spacial score (nSPS) is 16.2. The minimum absolute atomic E-state index is 0.131. The second-order valence-electron chi connectivity index (χ2n) is 4.23. The van der Waals surface area contributed by atoms with E-state index in [1.165, 1.54) is 0 Å². The maximum atomic E-state index is 9.99. The van der Waals surface area contributed by atoms with Crippen molar-refractivity contribution in [2.45, 2.75) is 25.9 Å². The number of hydrogen-bond acceptors (Lipinski definition) is 4. The number of nitrogens with two attached hydrogens (primary N) is 1. The predicted molar refractivity (Wildman–Crippen MR) is 70.5 cm³/mol. The molecule has 0 radical (unpaired) electrons. The van der Waals surface area contributed by atoms with E-state index in [2.05, 4.69) is 0 Å². The molecule has 18 heavy (non-hydrogen) atoms. The van der Waals surface area contributed by atoms with Gasteiger partial charge in [0, 0.05) is 30.2 Å². The van der Waals surface area contributed by atoms with Crippen LogP contribution in [-0.4, -0.2) is 24.9 Å². The number of fused-ring (bicyclic) bond motifs is 1. The van der Waals surface area contributed by atoms with Crippen molar-refractivity contribution in [3.8, 4) is 11.5 Å². The standard InChI is InChI=1S/C13H18ClNO3/c1-2-8-12(10(16)7-15)9(14)6-11-13(8)18-5-3-4-17-11/h6,10,16H,2-5,7,15H2,1H3. The van der Waals surface area contributed by atoms with Gasteiger partial charge < -0.3 is 20.3 Å².